The molecule has 0 spiro atoms. The van der Waals surface area contributed by atoms with Crippen LogP contribution in [0.2, 0.25) is 0 Å². The second kappa shape index (κ2) is 7.62. The van der Waals surface area contributed by atoms with E-state index in [-0.39, 0.29) is 10.9 Å². The molecule has 9 nitrogen and oxygen atoms in total. The molecule has 0 atom stereocenters. The van der Waals surface area contributed by atoms with E-state index >= 15 is 0 Å². The highest BCUT2D eigenvalue weighted by atomic mass is 32.2. The molecule has 1 amide bonds. The van der Waals surface area contributed by atoms with Crippen molar-refractivity contribution in [3.63, 3.8) is 0 Å². The molecule has 0 bridgehead atoms. The predicted octanol–water partition coefficient (Wildman–Crippen LogP) is 1.88. The molecule has 0 heterocycles. The predicted molar refractivity (Wildman–Crippen MR) is 91.2 cm³/mol. The summed E-state index contributed by atoms with van der Waals surface area (Å²) in [6.07, 6.45) is -0.873. The number of hydrogen-bond donors (Lipinski definition) is 0. The summed E-state index contributed by atoms with van der Waals surface area (Å²) in [6.45, 7) is 5.86. The summed E-state index contributed by atoms with van der Waals surface area (Å²) < 4.78 is 54.2. The maximum atomic E-state index is 12.9. The number of carbonyl (C=O) groups is 2. The van der Waals surface area contributed by atoms with Crippen LogP contribution in [-0.4, -0.2) is 45.2 Å². The summed E-state index contributed by atoms with van der Waals surface area (Å²) in [5, 5.41) is 0. The van der Waals surface area contributed by atoms with Gasteiger partial charge in [0.25, 0.3) is 0 Å². The van der Waals surface area contributed by atoms with Gasteiger partial charge in [0, 0.05) is 12.7 Å². The van der Waals surface area contributed by atoms with E-state index in [0.29, 0.717) is 0 Å². The second-order valence-electron chi connectivity index (χ2n) is 6.25. The summed E-state index contributed by atoms with van der Waals surface area (Å²) in [5.74, 6) is -1.02. The van der Waals surface area contributed by atoms with Crippen molar-refractivity contribution in [2.24, 2.45) is 0 Å². The standard InChI is InChI=1S/C15H21NO8S2/c1-6-13(17)24-16(14(18)23-15(2,3)4)26(21,22)12-10-8-7-9-11(12)25(5,19)20/h7-10H,6H2,1-5H3. The third-order valence-electron chi connectivity index (χ3n) is 2.76. The highest BCUT2D eigenvalue weighted by molar-refractivity contribution is 7.93. The van der Waals surface area contributed by atoms with Crippen LogP contribution in [0.15, 0.2) is 34.1 Å². The molecule has 0 unspecified atom stereocenters. The molecule has 0 aliphatic heterocycles. The van der Waals surface area contributed by atoms with Crippen LogP contribution in [0.25, 0.3) is 0 Å². The molecule has 0 radical (unpaired) electrons. The van der Waals surface area contributed by atoms with Crippen LogP contribution in [0.4, 0.5) is 4.79 Å². The summed E-state index contributed by atoms with van der Waals surface area (Å²) >= 11 is 0. The van der Waals surface area contributed by atoms with Gasteiger partial charge in [-0.3, -0.25) is 0 Å². The summed E-state index contributed by atoms with van der Waals surface area (Å²) in [6, 6.07) is 4.65. The number of nitrogens with zero attached hydrogens (tertiary/aromatic N) is 1. The normalized spacial score (nSPS) is 12.3. The summed E-state index contributed by atoms with van der Waals surface area (Å²) in [5.41, 5.74) is -1.08. The largest absolute Gasteiger partial charge is 0.459 e. The van der Waals surface area contributed by atoms with Crippen molar-refractivity contribution in [1.82, 2.24) is 4.47 Å². The van der Waals surface area contributed by atoms with Crippen LogP contribution in [0.1, 0.15) is 34.1 Å². The van der Waals surface area contributed by atoms with Gasteiger partial charge < -0.3 is 9.57 Å². The molecule has 0 aliphatic carbocycles. The number of hydroxylamine groups is 1. The number of amides is 1. The molecule has 1 aromatic rings. The number of ether oxygens (including phenoxy) is 1. The van der Waals surface area contributed by atoms with Gasteiger partial charge in [0.05, 0.1) is 4.90 Å². The lowest BCUT2D eigenvalue weighted by molar-refractivity contribution is -0.166. The van der Waals surface area contributed by atoms with E-state index in [4.69, 9.17) is 4.74 Å². The van der Waals surface area contributed by atoms with Gasteiger partial charge in [-0.05, 0) is 37.4 Å². The Hall–Kier alpha value is -2.14. The SMILES string of the molecule is CCC(=O)ON(C(=O)OC(C)(C)C)S(=O)(=O)c1ccccc1S(C)(=O)=O. The first-order valence-electron chi connectivity index (χ1n) is 7.48. The van der Waals surface area contributed by atoms with Gasteiger partial charge in [-0.25, -0.2) is 18.0 Å². The van der Waals surface area contributed by atoms with E-state index in [1.807, 2.05) is 0 Å². The first-order valence-corrected chi connectivity index (χ1v) is 10.8. The fourth-order valence-electron chi connectivity index (χ4n) is 1.70. The quantitative estimate of drug-likeness (QED) is 0.693. The minimum absolute atomic E-state index is 0.220. The van der Waals surface area contributed by atoms with Crippen LogP contribution < -0.4 is 0 Å². The van der Waals surface area contributed by atoms with Gasteiger partial charge in [-0.15, -0.1) is 0 Å². The van der Waals surface area contributed by atoms with Crippen LogP contribution >= 0.6 is 0 Å². The Morgan fingerprint density at radius 2 is 1.54 bits per heavy atom. The van der Waals surface area contributed by atoms with Gasteiger partial charge in [-0.2, -0.15) is 8.42 Å². The van der Waals surface area contributed by atoms with Crippen molar-refractivity contribution >= 4 is 31.9 Å². The highest BCUT2D eigenvalue weighted by Gasteiger charge is 2.39. The Morgan fingerprint density at radius 1 is 1.04 bits per heavy atom. The Kier molecular flexibility index (Phi) is 6.42. The zero-order valence-electron chi connectivity index (χ0n) is 15.0. The molecule has 0 aromatic heterocycles. The number of benzene rings is 1. The van der Waals surface area contributed by atoms with Gasteiger partial charge in [0.1, 0.15) is 10.5 Å². The Labute approximate surface area is 152 Å². The van der Waals surface area contributed by atoms with Crippen molar-refractivity contribution in [3.8, 4) is 0 Å². The van der Waals surface area contributed by atoms with Crippen molar-refractivity contribution in [1.29, 1.82) is 0 Å². The van der Waals surface area contributed by atoms with Crippen LogP contribution in [0.5, 0.6) is 0 Å². The number of rotatable bonds is 4. The monoisotopic (exact) mass is 407 g/mol. The first kappa shape index (κ1) is 21.9. The smallest absolute Gasteiger partial charge is 0.441 e. The van der Waals surface area contributed by atoms with Crippen LogP contribution in [0.3, 0.4) is 0 Å². The highest BCUT2D eigenvalue weighted by Crippen LogP contribution is 2.26. The Bertz CT molecular complexity index is 898. The van der Waals surface area contributed by atoms with Crippen molar-refractivity contribution in [2.75, 3.05) is 6.26 Å². The van der Waals surface area contributed by atoms with E-state index in [0.717, 1.165) is 18.4 Å². The maximum absolute atomic E-state index is 12.9. The van der Waals surface area contributed by atoms with Gasteiger partial charge in [0.15, 0.2) is 9.84 Å². The summed E-state index contributed by atoms with van der Waals surface area (Å²) in [7, 11) is -8.80. The van der Waals surface area contributed by atoms with E-state index in [9.17, 15) is 26.4 Å². The first-order chi connectivity index (χ1) is 11.7. The molecule has 146 valence electrons. The van der Waals surface area contributed by atoms with Crippen molar-refractivity contribution < 1.29 is 36.0 Å². The fourth-order valence-corrected chi connectivity index (χ4v) is 4.40. The average molecular weight is 407 g/mol. The molecule has 26 heavy (non-hydrogen) atoms. The molecule has 0 N–H and O–H groups in total. The lowest BCUT2D eigenvalue weighted by atomic mass is 10.2. The number of hydrogen-bond acceptors (Lipinski definition) is 8. The van der Waals surface area contributed by atoms with Gasteiger partial charge in [0.2, 0.25) is 0 Å². The average Bonchev–Trinajstić information content (AvgIpc) is 2.49. The molecule has 1 rings (SSSR count). The molecule has 0 saturated carbocycles. The molecular formula is C15H21NO8S2. The molecule has 1 aromatic carbocycles. The van der Waals surface area contributed by atoms with Crippen molar-refractivity contribution in [2.45, 2.75) is 49.5 Å². The lowest BCUT2D eigenvalue weighted by Gasteiger charge is -2.25. The molecular weight excluding hydrogens is 386 g/mol. The van der Waals surface area contributed by atoms with Gasteiger partial charge >= 0.3 is 22.1 Å². The van der Waals surface area contributed by atoms with E-state index in [1.165, 1.54) is 39.8 Å². The minimum atomic E-state index is -4.86. The fraction of sp³-hybridized carbons (Fsp3) is 0.467. The minimum Gasteiger partial charge on any atom is -0.441 e. The second-order valence-corrected chi connectivity index (χ2v) is 9.95. The topological polar surface area (TPSA) is 124 Å². The van der Waals surface area contributed by atoms with E-state index in [2.05, 4.69) is 4.84 Å². The number of sulfonamides is 1. The zero-order chi connectivity index (χ0) is 20.3. The maximum Gasteiger partial charge on any atom is 0.459 e. The van der Waals surface area contributed by atoms with E-state index < -0.39 is 47.3 Å². The lowest BCUT2D eigenvalue weighted by Crippen LogP contribution is -2.42. The van der Waals surface area contributed by atoms with Crippen LogP contribution in [-0.2, 0) is 34.2 Å². The van der Waals surface area contributed by atoms with Crippen LogP contribution in [0, 0.1) is 0 Å². The van der Waals surface area contributed by atoms with E-state index in [1.54, 1.807) is 0 Å². The Balaban J connectivity index is 3.55. The van der Waals surface area contributed by atoms with Gasteiger partial charge in [-0.1, -0.05) is 19.1 Å². The molecule has 0 saturated heterocycles. The summed E-state index contributed by atoms with van der Waals surface area (Å²) in [4.78, 5) is 27.3. The molecule has 11 heteroatoms. The molecule has 0 aliphatic rings. The zero-order valence-corrected chi connectivity index (χ0v) is 16.7. The third-order valence-corrected chi connectivity index (χ3v) is 5.62. The molecule has 0 fully saturated rings. The van der Waals surface area contributed by atoms with Crippen molar-refractivity contribution in [3.05, 3.63) is 24.3 Å². The third kappa shape index (κ3) is 5.43. The number of sulfone groups is 1. The number of carbonyl (C=O) groups excluding carboxylic acids is 2. The Morgan fingerprint density at radius 3 is 1.96 bits per heavy atom.